The summed E-state index contributed by atoms with van der Waals surface area (Å²) in [4.78, 5) is 0.208. The highest BCUT2D eigenvalue weighted by molar-refractivity contribution is 7.89. The van der Waals surface area contributed by atoms with Crippen molar-refractivity contribution in [2.45, 2.75) is 43.0 Å². The number of ether oxygens (including phenoxy) is 1. The van der Waals surface area contributed by atoms with Crippen molar-refractivity contribution in [1.82, 2.24) is 14.5 Å². The Kier molecular flexibility index (Phi) is 5.58. The Labute approximate surface area is 157 Å². The molecule has 136 valence electrons. The van der Waals surface area contributed by atoms with Gasteiger partial charge in [-0.05, 0) is 37.1 Å². The van der Waals surface area contributed by atoms with Crippen LogP contribution in [0.1, 0.15) is 32.1 Å². The van der Waals surface area contributed by atoms with Gasteiger partial charge in [-0.25, -0.2) is 17.8 Å². The van der Waals surface area contributed by atoms with Crippen molar-refractivity contribution in [1.29, 1.82) is 0 Å². The number of aromatic nitrogens is 2. The fraction of sp³-hybridized carbons (Fsp3) is 0.438. The van der Waals surface area contributed by atoms with Crippen molar-refractivity contribution in [3.8, 4) is 11.6 Å². The van der Waals surface area contributed by atoms with E-state index in [9.17, 15) is 8.42 Å². The first-order valence-electron chi connectivity index (χ1n) is 8.05. The van der Waals surface area contributed by atoms with Crippen molar-refractivity contribution in [3.63, 3.8) is 0 Å². The van der Waals surface area contributed by atoms with E-state index in [-0.39, 0.29) is 21.1 Å². The van der Waals surface area contributed by atoms with Crippen LogP contribution in [0.2, 0.25) is 10.2 Å². The molecule has 1 fully saturated rings. The minimum Gasteiger partial charge on any atom is -0.438 e. The molecule has 1 aromatic carbocycles. The number of nitrogens with zero attached hydrogens (tertiary/aromatic N) is 2. The van der Waals surface area contributed by atoms with Gasteiger partial charge in [0.2, 0.25) is 15.9 Å². The fourth-order valence-corrected chi connectivity index (χ4v) is 4.57. The summed E-state index contributed by atoms with van der Waals surface area (Å²) in [6, 6.07) is 6.18. The quantitative estimate of drug-likeness (QED) is 0.813. The second-order valence-electron chi connectivity index (χ2n) is 6.06. The highest BCUT2D eigenvalue weighted by Crippen LogP contribution is 2.34. The number of halogens is 2. The lowest BCUT2D eigenvalue weighted by Crippen LogP contribution is -2.36. The Morgan fingerprint density at radius 1 is 1.16 bits per heavy atom. The lowest BCUT2D eigenvalue weighted by molar-refractivity contribution is 0.412. The standard InChI is InChI=1S/C16H19Cl2N3O3S/c1-21-16(14(17)15(18)19-21)24-12-7-9-13(10-8-12)25(22,23)20-11-5-3-2-4-6-11/h7-11,20H,2-6H2,1H3. The molecule has 1 N–H and O–H groups in total. The third kappa shape index (κ3) is 4.28. The Morgan fingerprint density at radius 3 is 2.36 bits per heavy atom. The fourth-order valence-electron chi connectivity index (χ4n) is 2.87. The van der Waals surface area contributed by atoms with Crippen molar-refractivity contribution in [3.05, 3.63) is 34.4 Å². The first-order valence-corrected chi connectivity index (χ1v) is 10.3. The van der Waals surface area contributed by atoms with Gasteiger partial charge in [0.05, 0.1) is 4.90 Å². The topological polar surface area (TPSA) is 73.2 Å². The van der Waals surface area contributed by atoms with Crippen LogP contribution in [-0.2, 0) is 17.1 Å². The lowest BCUT2D eigenvalue weighted by atomic mass is 9.96. The Morgan fingerprint density at radius 2 is 1.80 bits per heavy atom. The molecule has 25 heavy (non-hydrogen) atoms. The van der Waals surface area contributed by atoms with E-state index in [2.05, 4.69) is 9.82 Å². The van der Waals surface area contributed by atoms with E-state index in [1.807, 2.05) is 0 Å². The van der Waals surface area contributed by atoms with E-state index >= 15 is 0 Å². The smallest absolute Gasteiger partial charge is 0.240 e. The van der Waals surface area contributed by atoms with Gasteiger partial charge in [0, 0.05) is 13.1 Å². The maximum Gasteiger partial charge on any atom is 0.240 e. The molecule has 0 spiro atoms. The van der Waals surface area contributed by atoms with E-state index < -0.39 is 10.0 Å². The number of aryl methyl sites for hydroxylation is 1. The molecule has 0 atom stereocenters. The van der Waals surface area contributed by atoms with Gasteiger partial charge in [0.15, 0.2) is 5.15 Å². The predicted octanol–water partition coefficient (Wildman–Crippen LogP) is 4.13. The predicted molar refractivity (Wildman–Crippen MR) is 96.9 cm³/mol. The molecule has 1 heterocycles. The van der Waals surface area contributed by atoms with Gasteiger partial charge in [-0.3, -0.25) is 0 Å². The van der Waals surface area contributed by atoms with Gasteiger partial charge < -0.3 is 4.74 Å². The summed E-state index contributed by atoms with van der Waals surface area (Å²) in [5, 5.41) is 4.30. The van der Waals surface area contributed by atoms with Gasteiger partial charge >= 0.3 is 0 Å². The number of nitrogens with one attached hydrogen (secondary N) is 1. The Balaban J connectivity index is 1.73. The molecule has 0 bridgehead atoms. The number of benzene rings is 1. The largest absolute Gasteiger partial charge is 0.438 e. The van der Waals surface area contributed by atoms with Crippen molar-refractivity contribution in [2.24, 2.45) is 7.05 Å². The minimum absolute atomic E-state index is 0.0186. The second-order valence-corrected chi connectivity index (χ2v) is 8.51. The van der Waals surface area contributed by atoms with Gasteiger partial charge in [-0.2, -0.15) is 5.10 Å². The first kappa shape index (κ1) is 18.5. The molecule has 1 aromatic heterocycles. The molecule has 0 saturated heterocycles. The molecular formula is C16H19Cl2N3O3S. The Hall–Kier alpha value is -1.28. The normalized spacial score (nSPS) is 16.1. The maximum absolute atomic E-state index is 12.5. The third-order valence-electron chi connectivity index (χ3n) is 4.18. The summed E-state index contributed by atoms with van der Waals surface area (Å²) >= 11 is 11.9. The van der Waals surface area contributed by atoms with Gasteiger partial charge in [0.1, 0.15) is 10.8 Å². The van der Waals surface area contributed by atoms with Gasteiger partial charge in [-0.1, -0.05) is 42.5 Å². The molecule has 2 aromatic rings. The molecular weight excluding hydrogens is 385 g/mol. The van der Waals surface area contributed by atoms with Crippen molar-refractivity contribution in [2.75, 3.05) is 0 Å². The number of rotatable bonds is 5. The van der Waals surface area contributed by atoms with Crippen LogP contribution in [0.4, 0.5) is 0 Å². The molecule has 1 aliphatic carbocycles. The van der Waals surface area contributed by atoms with Crippen LogP contribution in [0.15, 0.2) is 29.2 Å². The van der Waals surface area contributed by atoms with E-state index in [1.165, 1.54) is 23.2 Å². The van der Waals surface area contributed by atoms with Crippen LogP contribution in [0.5, 0.6) is 11.6 Å². The summed E-state index contributed by atoms with van der Waals surface area (Å²) < 4.78 is 34.8. The van der Waals surface area contributed by atoms with Crippen LogP contribution < -0.4 is 9.46 Å². The monoisotopic (exact) mass is 403 g/mol. The van der Waals surface area contributed by atoms with Crippen LogP contribution >= 0.6 is 23.2 Å². The SMILES string of the molecule is Cn1nc(Cl)c(Cl)c1Oc1ccc(S(=O)(=O)NC2CCCCC2)cc1. The van der Waals surface area contributed by atoms with Gasteiger partial charge in [0.25, 0.3) is 0 Å². The summed E-state index contributed by atoms with van der Waals surface area (Å²) in [6.45, 7) is 0. The van der Waals surface area contributed by atoms with Crippen LogP contribution in [0.25, 0.3) is 0 Å². The highest BCUT2D eigenvalue weighted by atomic mass is 35.5. The first-order chi connectivity index (χ1) is 11.9. The van der Waals surface area contributed by atoms with E-state index in [1.54, 1.807) is 19.2 Å². The van der Waals surface area contributed by atoms with Gasteiger partial charge in [-0.15, -0.1) is 0 Å². The average molecular weight is 404 g/mol. The number of sulfonamides is 1. The molecule has 1 saturated carbocycles. The number of hydrogen-bond acceptors (Lipinski definition) is 4. The van der Waals surface area contributed by atoms with Crippen molar-refractivity contribution < 1.29 is 13.2 Å². The number of hydrogen-bond donors (Lipinski definition) is 1. The van der Waals surface area contributed by atoms with E-state index in [0.29, 0.717) is 11.6 Å². The van der Waals surface area contributed by atoms with Crippen LogP contribution in [0, 0.1) is 0 Å². The molecule has 6 nitrogen and oxygen atoms in total. The van der Waals surface area contributed by atoms with Crippen molar-refractivity contribution >= 4 is 33.2 Å². The third-order valence-corrected chi connectivity index (χ3v) is 6.41. The zero-order valence-electron chi connectivity index (χ0n) is 13.7. The molecule has 0 radical (unpaired) electrons. The van der Waals surface area contributed by atoms with Crippen LogP contribution in [0.3, 0.4) is 0 Å². The summed E-state index contributed by atoms with van der Waals surface area (Å²) in [5.41, 5.74) is 0. The summed E-state index contributed by atoms with van der Waals surface area (Å²) in [7, 11) is -1.88. The zero-order chi connectivity index (χ0) is 18.0. The van der Waals surface area contributed by atoms with E-state index in [0.717, 1.165) is 25.7 Å². The average Bonchev–Trinajstić information content (AvgIpc) is 2.82. The molecule has 9 heteroatoms. The molecule has 1 aliphatic rings. The second kappa shape index (κ2) is 7.53. The molecule has 3 rings (SSSR count). The maximum atomic E-state index is 12.5. The molecule has 0 unspecified atom stereocenters. The lowest BCUT2D eigenvalue weighted by Gasteiger charge is -2.22. The molecule has 0 amide bonds. The summed E-state index contributed by atoms with van der Waals surface area (Å²) in [6.07, 6.45) is 5.08. The minimum atomic E-state index is -3.53. The van der Waals surface area contributed by atoms with Crippen LogP contribution in [-0.4, -0.2) is 24.2 Å². The molecule has 0 aliphatic heterocycles. The zero-order valence-corrected chi connectivity index (χ0v) is 16.0. The summed E-state index contributed by atoms with van der Waals surface area (Å²) in [5.74, 6) is 0.737. The highest BCUT2D eigenvalue weighted by Gasteiger charge is 2.22. The Bertz CT molecular complexity index is 844. The van der Waals surface area contributed by atoms with E-state index in [4.69, 9.17) is 27.9 Å².